The van der Waals surface area contributed by atoms with Crippen LogP contribution in [0.15, 0.2) is 179 Å². The van der Waals surface area contributed by atoms with Crippen LogP contribution in [0.4, 0.5) is 0 Å². The van der Waals surface area contributed by atoms with Gasteiger partial charge in [0.1, 0.15) is 28.0 Å². The van der Waals surface area contributed by atoms with Crippen molar-refractivity contribution in [3.63, 3.8) is 0 Å². The summed E-state index contributed by atoms with van der Waals surface area (Å²) in [4.78, 5) is 10.5. The van der Waals surface area contributed by atoms with Crippen LogP contribution < -0.4 is 0 Å². The molecule has 0 unspecified atom stereocenters. The van der Waals surface area contributed by atoms with E-state index in [9.17, 15) is 0 Å². The summed E-state index contributed by atoms with van der Waals surface area (Å²) < 4.78 is 13.3. The van der Waals surface area contributed by atoms with E-state index < -0.39 is 0 Å². The van der Waals surface area contributed by atoms with Crippen LogP contribution in [0.3, 0.4) is 0 Å². The molecular formula is C48H28N2O2. The van der Waals surface area contributed by atoms with E-state index in [-0.39, 0.29) is 0 Å². The molecule has 0 saturated heterocycles. The molecule has 3 aromatic heterocycles. The van der Waals surface area contributed by atoms with Gasteiger partial charge in [-0.25, -0.2) is 9.97 Å². The molecule has 0 spiro atoms. The predicted molar refractivity (Wildman–Crippen MR) is 213 cm³/mol. The highest BCUT2D eigenvalue weighted by atomic mass is 16.3. The molecule has 4 nitrogen and oxygen atoms in total. The largest absolute Gasteiger partial charge is 0.455 e. The summed E-state index contributed by atoms with van der Waals surface area (Å²) in [5, 5.41) is 7.82. The highest BCUT2D eigenvalue weighted by Gasteiger charge is 2.22. The third kappa shape index (κ3) is 4.34. The molecule has 242 valence electrons. The second-order valence-corrected chi connectivity index (χ2v) is 13.3. The molecule has 8 aromatic carbocycles. The smallest absolute Gasteiger partial charge is 0.180 e. The molecular weight excluding hydrogens is 637 g/mol. The fourth-order valence-electron chi connectivity index (χ4n) is 7.88. The third-order valence-electron chi connectivity index (χ3n) is 10.3. The second-order valence-electron chi connectivity index (χ2n) is 13.3. The Morgan fingerprint density at radius 1 is 0.365 bits per heavy atom. The van der Waals surface area contributed by atoms with Crippen molar-refractivity contribution in [1.29, 1.82) is 0 Å². The first-order valence-electron chi connectivity index (χ1n) is 17.5. The van der Waals surface area contributed by atoms with Crippen molar-refractivity contribution in [3.05, 3.63) is 170 Å². The highest BCUT2D eigenvalue weighted by Crippen LogP contribution is 2.44. The first-order valence-corrected chi connectivity index (χ1v) is 17.5. The van der Waals surface area contributed by atoms with Gasteiger partial charge in [-0.05, 0) is 62.5 Å². The maximum atomic E-state index is 6.80. The fraction of sp³-hybridized carbons (Fsp3) is 0. The van der Waals surface area contributed by atoms with Crippen molar-refractivity contribution in [2.45, 2.75) is 0 Å². The van der Waals surface area contributed by atoms with Crippen LogP contribution in [0.2, 0.25) is 0 Å². The number of hydrogen-bond acceptors (Lipinski definition) is 4. The monoisotopic (exact) mass is 664 g/mol. The average Bonchev–Trinajstić information content (AvgIpc) is 3.79. The molecule has 3 heterocycles. The molecule has 0 amide bonds. The van der Waals surface area contributed by atoms with E-state index in [2.05, 4.69) is 133 Å². The van der Waals surface area contributed by atoms with Gasteiger partial charge >= 0.3 is 0 Å². The van der Waals surface area contributed by atoms with Crippen molar-refractivity contribution >= 4 is 65.6 Å². The van der Waals surface area contributed by atoms with Crippen molar-refractivity contribution < 1.29 is 8.83 Å². The normalized spacial score (nSPS) is 11.8. The molecule has 0 aliphatic rings. The molecule has 0 N–H and O–H groups in total. The molecule has 0 fully saturated rings. The van der Waals surface area contributed by atoms with E-state index in [0.717, 1.165) is 71.9 Å². The van der Waals surface area contributed by atoms with Crippen LogP contribution in [-0.2, 0) is 0 Å². The first-order chi connectivity index (χ1) is 25.8. The van der Waals surface area contributed by atoms with Gasteiger partial charge in [0.2, 0.25) is 0 Å². The molecule has 0 radical (unpaired) electrons. The first kappa shape index (κ1) is 28.8. The van der Waals surface area contributed by atoms with Gasteiger partial charge in [-0.2, -0.15) is 0 Å². The van der Waals surface area contributed by atoms with Gasteiger partial charge in [0.25, 0.3) is 0 Å². The lowest BCUT2D eigenvalue weighted by Gasteiger charge is -2.11. The van der Waals surface area contributed by atoms with E-state index in [1.165, 1.54) is 27.1 Å². The number of furan rings is 2. The molecule has 0 saturated carbocycles. The van der Waals surface area contributed by atoms with E-state index in [0.29, 0.717) is 11.4 Å². The Morgan fingerprint density at radius 3 is 1.85 bits per heavy atom. The summed E-state index contributed by atoms with van der Waals surface area (Å²) >= 11 is 0. The fourth-order valence-corrected chi connectivity index (χ4v) is 7.88. The number of aromatic nitrogens is 2. The number of hydrogen-bond donors (Lipinski definition) is 0. The minimum absolute atomic E-state index is 0.621. The quantitative estimate of drug-likeness (QED) is 0.176. The lowest BCUT2D eigenvalue weighted by Crippen LogP contribution is -1.94. The van der Waals surface area contributed by atoms with Gasteiger partial charge in [0.05, 0.1) is 0 Å². The maximum Gasteiger partial charge on any atom is 0.180 e. The Balaban J connectivity index is 1.15. The summed E-state index contributed by atoms with van der Waals surface area (Å²) in [7, 11) is 0. The average molecular weight is 665 g/mol. The molecule has 4 heteroatoms. The maximum absolute atomic E-state index is 6.80. The van der Waals surface area contributed by atoms with Crippen molar-refractivity contribution in [2.24, 2.45) is 0 Å². The van der Waals surface area contributed by atoms with Gasteiger partial charge in [0, 0.05) is 32.8 Å². The summed E-state index contributed by atoms with van der Waals surface area (Å²) in [5.74, 6) is 0.621. The van der Waals surface area contributed by atoms with Gasteiger partial charge in [-0.1, -0.05) is 146 Å². The molecule has 11 rings (SSSR count). The lowest BCUT2D eigenvalue weighted by atomic mass is 9.92. The number of nitrogens with zero attached hydrogens (tertiary/aromatic N) is 2. The van der Waals surface area contributed by atoms with Crippen molar-refractivity contribution in [3.8, 4) is 44.9 Å². The SMILES string of the molecule is c1ccc(-c2ccc(-c3nc(-c4cccc5oc6c(-c7cc8ccccc8c8ccccc78)cccc6c45)nc4c3oc3ccccc34)cc2)cc1. The number of para-hydroxylation sites is 2. The van der Waals surface area contributed by atoms with Crippen LogP contribution in [0.25, 0.3) is 110 Å². The highest BCUT2D eigenvalue weighted by molar-refractivity contribution is 6.20. The van der Waals surface area contributed by atoms with Crippen LogP contribution in [-0.4, -0.2) is 9.97 Å². The Labute approximate surface area is 298 Å². The number of fused-ring (bicyclic) bond motifs is 9. The Hall–Kier alpha value is -7.04. The van der Waals surface area contributed by atoms with E-state index in [1.54, 1.807) is 0 Å². The van der Waals surface area contributed by atoms with Gasteiger partial charge in [0.15, 0.2) is 11.4 Å². The zero-order valence-corrected chi connectivity index (χ0v) is 27.9. The van der Waals surface area contributed by atoms with E-state index in [4.69, 9.17) is 18.8 Å². The lowest BCUT2D eigenvalue weighted by molar-refractivity contribution is 0.667. The van der Waals surface area contributed by atoms with Crippen LogP contribution >= 0.6 is 0 Å². The Kier molecular flexibility index (Phi) is 6.22. The van der Waals surface area contributed by atoms with Crippen LogP contribution in [0.5, 0.6) is 0 Å². The summed E-state index contributed by atoms with van der Waals surface area (Å²) in [6, 6.07) is 59.1. The van der Waals surface area contributed by atoms with Gasteiger partial charge in [-0.15, -0.1) is 0 Å². The minimum Gasteiger partial charge on any atom is -0.455 e. The number of benzene rings is 8. The standard InChI is InChI=1S/C48H28N2O2/c1-2-12-29(13-3-1)30-24-26-31(27-25-30)44-47-45(37-18-8-9-22-41(37)51-47)50-48(49-44)39-21-11-23-42-43(39)38-20-10-19-36(46(38)52-42)40-28-32-14-4-5-15-33(32)34-16-6-7-17-35(34)40/h1-28H. The molecule has 0 aliphatic carbocycles. The van der Waals surface area contributed by atoms with E-state index in [1.807, 2.05) is 36.4 Å². The Morgan fingerprint density at radius 2 is 0.981 bits per heavy atom. The zero-order valence-electron chi connectivity index (χ0n) is 27.9. The molecule has 52 heavy (non-hydrogen) atoms. The van der Waals surface area contributed by atoms with Gasteiger partial charge in [-0.3, -0.25) is 0 Å². The van der Waals surface area contributed by atoms with E-state index >= 15 is 0 Å². The third-order valence-corrected chi connectivity index (χ3v) is 10.3. The van der Waals surface area contributed by atoms with Crippen LogP contribution in [0, 0.1) is 0 Å². The molecule has 0 atom stereocenters. The summed E-state index contributed by atoms with van der Waals surface area (Å²) in [6.45, 7) is 0. The second kappa shape index (κ2) is 11.2. The molecule has 0 bridgehead atoms. The van der Waals surface area contributed by atoms with Crippen molar-refractivity contribution in [1.82, 2.24) is 9.97 Å². The summed E-state index contributed by atoms with van der Waals surface area (Å²) in [5.41, 5.74) is 11.0. The topological polar surface area (TPSA) is 52.1 Å². The zero-order chi connectivity index (χ0) is 34.2. The molecule has 11 aromatic rings. The summed E-state index contributed by atoms with van der Waals surface area (Å²) in [6.07, 6.45) is 0. The minimum atomic E-state index is 0.621. The molecule has 0 aliphatic heterocycles. The van der Waals surface area contributed by atoms with Crippen LogP contribution in [0.1, 0.15) is 0 Å². The number of rotatable bonds is 4. The predicted octanol–water partition coefficient (Wildman–Crippen LogP) is 13.2. The van der Waals surface area contributed by atoms with Gasteiger partial charge < -0.3 is 8.83 Å². The van der Waals surface area contributed by atoms with Crippen molar-refractivity contribution in [2.75, 3.05) is 0 Å². The Bertz CT molecular complexity index is 3170.